The summed E-state index contributed by atoms with van der Waals surface area (Å²) in [5.41, 5.74) is -0.414. The monoisotopic (exact) mass is 254 g/mol. The van der Waals surface area contributed by atoms with Crippen molar-refractivity contribution >= 4 is 36.3 Å². The van der Waals surface area contributed by atoms with Gasteiger partial charge in [0.2, 0.25) is 0 Å². The van der Waals surface area contributed by atoms with Crippen molar-refractivity contribution < 1.29 is 24.5 Å². The minimum absolute atomic E-state index is 0.414. The smallest absolute Gasteiger partial charge is 0.330 e. The van der Waals surface area contributed by atoms with E-state index in [1.165, 1.54) is 0 Å². The van der Waals surface area contributed by atoms with Gasteiger partial charge in [0.1, 0.15) is 5.44 Å². The largest absolute Gasteiger partial charge is 0.481 e. The predicted octanol–water partition coefficient (Wildman–Crippen LogP) is 1.29. The summed E-state index contributed by atoms with van der Waals surface area (Å²) in [4.78, 5) is 21.4. The van der Waals surface area contributed by atoms with Gasteiger partial charge in [-0.25, -0.2) is 4.79 Å². The predicted molar refractivity (Wildman–Crippen MR) is 60.3 cm³/mol. The Kier molecular flexibility index (Phi) is 6.07. The van der Waals surface area contributed by atoms with Gasteiger partial charge in [0.05, 0.1) is 6.42 Å². The lowest BCUT2D eigenvalue weighted by Gasteiger charge is -2.24. The molecular formula is C8H14O5S2. The maximum Gasteiger partial charge on any atom is 0.330 e. The number of hydrogen-bond acceptors (Lipinski definition) is 5. The molecule has 0 amide bonds. The highest BCUT2D eigenvalue weighted by atomic mass is 32.2. The van der Waals surface area contributed by atoms with Crippen LogP contribution in [0.4, 0.5) is 0 Å². The molecule has 0 fully saturated rings. The van der Waals surface area contributed by atoms with E-state index < -0.39 is 27.9 Å². The number of thioether (sulfide) groups is 1. The number of rotatable bonds is 7. The molecule has 0 radical (unpaired) electrons. The van der Waals surface area contributed by atoms with Gasteiger partial charge in [-0.15, -0.1) is 24.4 Å². The first-order chi connectivity index (χ1) is 6.81. The fourth-order valence-electron chi connectivity index (χ4n) is 0.916. The SMILES string of the molecule is CCOC(C)SC(S)(CC(=O)O)C(=O)O. The molecule has 0 spiro atoms. The van der Waals surface area contributed by atoms with Crippen molar-refractivity contribution in [2.45, 2.75) is 29.8 Å². The Morgan fingerprint density at radius 2 is 2.07 bits per heavy atom. The molecule has 2 atom stereocenters. The summed E-state index contributed by atoms with van der Waals surface area (Å²) in [6.45, 7) is 3.86. The normalized spacial score (nSPS) is 16.7. The molecule has 0 aliphatic heterocycles. The zero-order valence-corrected chi connectivity index (χ0v) is 10.2. The Bertz CT molecular complexity index is 245. The Morgan fingerprint density at radius 1 is 1.53 bits per heavy atom. The lowest BCUT2D eigenvalue weighted by atomic mass is 10.3. The summed E-state index contributed by atoms with van der Waals surface area (Å²) >= 11 is 4.76. The molecule has 2 N–H and O–H groups in total. The van der Waals surface area contributed by atoms with Gasteiger partial charge in [0.25, 0.3) is 0 Å². The minimum Gasteiger partial charge on any atom is -0.481 e. The van der Waals surface area contributed by atoms with Gasteiger partial charge >= 0.3 is 11.9 Å². The Labute approximate surface area is 97.6 Å². The van der Waals surface area contributed by atoms with Gasteiger partial charge in [0, 0.05) is 6.61 Å². The highest BCUT2D eigenvalue weighted by Crippen LogP contribution is 2.37. The topological polar surface area (TPSA) is 83.8 Å². The van der Waals surface area contributed by atoms with E-state index in [1.54, 1.807) is 13.8 Å². The van der Waals surface area contributed by atoms with Crippen molar-refractivity contribution in [1.29, 1.82) is 0 Å². The maximum atomic E-state index is 10.9. The Morgan fingerprint density at radius 3 is 2.40 bits per heavy atom. The van der Waals surface area contributed by atoms with Gasteiger partial charge in [-0.1, -0.05) is 0 Å². The molecule has 0 saturated carbocycles. The quantitative estimate of drug-likeness (QED) is 0.469. The van der Waals surface area contributed by atoms with Crippen LogP contribution >= 0.6 is 24.4 Å². The van der Waals surface area contributed by atoms with Crippen molar-refractivity contribution in [1.82, 2.24) is 0 Å². The summed E-state index contributed by atoms with van der Waals surface area (Å²) in [5.74, 6) is -2.48. The van der Waals surface area contributed by atoms with Crippen LogP contribution in [0.25, 0.3) is 0 Å². The number of aliphatic carboxylic acids is 2. The maximum absolute atomic E-state index is 10.9. The van der Waals surface area contributed by atoms with Crippen molar-refractivity contribution in [3.8, 4) is 0 Å². The number of carbonyl (C=O) groups is 2. The molecule has 0 aliphatic rings. The van der Waals surface area contributed by atoms with Gasteiger partial charge in [-0.05, 0) is 13.8 Å². The third-order valence-corrected chi connectivity index (χ3v) is 3.33. The van der Waals surface area contributed by atoms with Gasteiger partial charge in [-0.3, -0.25) is 4.79 Å². The van der Waals surface area contributed by atoms with Crippen molar-refractivity contribution in [2.75, 3.05) is 6.61 Å². The van der Waals surface area contributed by atoms with Crippen LogP contribution in [0.15, 0.2) is 0 Å². The van der Waals surface area contributed by atoms with Crippen LogP contribution in [-0.2, 0) is 14.3 Å². The van der Waals surface area contributed by atoms with Crippen molar-refractivity contribution in [3.63, 3.8) is 0 Å². The molecule has 15 heavy (non-hydrogen) atoms. The molecule has 0 rings (SSSR count). The molecule has 0 saturated heterocycles. The van der Waals surface area contributed by atoms with E-state index in [1.807, 2.05) is 0 Å². The summed E-state index contributed by atoms with van der Waals surface area (Å²) in [7, 11) is 0. The van der Waals surface area contributed by atoms with Crippen LogP contribution in [0.2, 0.25) is 0 Å². The Hall–Kier alpha value is -0.400. The standard InChI is InChI=1S/C8H14O5S2/c1-3-13-5(2)15-8(14,7(11)12)4-6(9)10/h5,14H,3-4H2,1-2H3,(H,9,10)(H,11,12). The van der Waals surface area contributed by atoms with E-state index in [2.05, 4.69) is 12.6 Å². The molecule has 7 heteroatoms. The van der Waals surface area contributed by atoms with Crippen LogP contribution in [0, 0.1) is 0 Å². The minimum atomic E-state index is -1.65. The molecule has 0 heterocycles. The second kappa shape index (κ2) is 6.24. The fourth-order valence-corrected chi connectivity index (χ4v) is 2.56. The number of ether oxygens (including phenoxy) is 1. The van der Waals surface area contributed by atoms with E-state index in [0.29, 0.717) is 6.61 Å². The zero-order valence-electron chi connectivity index (χ0n) is 8.47. The van der Waals surface area contributed by atoms with Gasteiger partial charge < -0.3 is 14.9 Å². The highest BCUT2D eigenvalue weighted by Gasteiger charge is 2.39. The molecule has 0 aromatic carbocycles. The number of carboxylic acid groups (broad SMARTS) is 2. The van der Waals surface area contributed by atoms with Crippen LogP contribution in [0.1, 0.15) is 20.3 Å². The average Bonchev–Trinajstić information content (AvgIpc) is 2.01. The summed E-state index contributed by atoms with van der Waals surface area (Å²) < 4.78 is 3.47. The highest BCUT2D eigenvalue weighted by molar-refractivity contribution is 8.13. The van der Waals surface area contributed by atoms with E-state index in [-0.39, 0.29) is 0 Å². The third kappa shape index (κ3) is 5.29. The van der Waals surface area contributed by atoms with E-state index >= 15 is 0 Å². The second-order valence-electron chi connectivity index (χ2n) is 2.80. The molecular weight excluding hydrogens is 240 g/mol. The number of carboxylic acids is 2. The van der Waals surface area contributed by atoms with Crippen molar-refractivity contribution in [3.05, 3.63) is 0 Å². The lowest BCUT2D eigenvalue weighted by molar-refractivity contribution is -0.143. The van der Waals surface area contributed by atoms with E-state index in [4.69, 9.17) is 14.9 Å². The first-order valence-corrected chi connectivity index (χ1v) is 5.61. The number of thiol groups is 1. The summed E-state index contributed by atoms with van der Waals surface area (Å²) in [5, 5.41) is 17.5. The van der Waals surface area contributed by atoms with Crippen LogP contribution in [-0.4, -0.2) is 38.3 Å². The molecule has 0 aromatic rings. The molecule has 0 aliphatic carbocycles. The van der Waals surface area contributed by atoms with Crippen LogP contribution in [0.5, 0.6) is 0 Å². The van der Waals surface area contributed by atoms with Gasteiger partial charge in [-0.2, -0.15) is 0 Å². The molecule has 0 aromatic heterocycles. The molecule has 5 nitrogen and oxygen atoms in total. The van der Waals surface area contributed by atoms with Crippen molar-refractivity contribution in [2.24, 2.45) is 0 Å². The fraction of sp³-hybridized carbons (Fsp3) is 0.750. The molecule has 2 unspecified atom stereocenters. The third-order valence-electron chi connectivity index (χ3n) is 1.49. The Balaban J connectivity index is 4.51. The summed E-state index contributed by atoms with van der Waals surface area (Å²) in [6, 6.07) is 0. The van der Waals surface area contributed by atoms with E-state index in [0.717, 1.165) is 11.8 Å². The zero-order chi connectivity index (χ0) is 12.1. The molecule has 88 valence electrons. The van der Waals surface area contributed by atoms with Crippen LogP contribution < -0.4 is 0 Å². The average molecular weight is 254 g/mol. The lowest BCUT2D eigenvalue weighted by Crippen LogP contribution is -2.34. The first-order valence-electron chi connectivity index (χ1n) is 4.28. The van der Waals surface area contributed by atoms with E-state index in [9.17, 15) is 9.59 Å². The van der Waals surface area contributed by atoms with Crippen LogP contribution in [0.3, 0.4) is 0 Å². The number of hydrogen-bond donors (Lipinski definition) is 3. The second-order valence-corrected chi connectivity index (χ2v) is 5.46. The van der Waals surface area contributed by atoms with Gasteiger partial charge in [0.15, 0.2) is 4.08 Å². The first kappa shape index (κ1) is 14.6. The molecule has 0 bridgehead atoms. The summed E-state index contributed by atoms with van der Waals surface area (Å²) in [6.07, 6.45) is -0.562.